The van der Waals surface area contributed by atoms with Gasteiger partial charge in [0, 0.05) is 19.3 Å². The minimum atomic E-state index is 0.117. The van der Waals surface area contributed by atoms with Crippen LogP contribution in [-0.4, -0.2) is 23.2 Å². The number of anilines is 1. The molecule has 0 atom stereocenters. The van der Waals surface area contributed by atoms with Gasteiger partial charge in [-0.15, -0.1) is 0 Å². The van der Waals surface area contributed by atoms with Crippen molar-refractivity contribution in [2.75, 3.05) is 18.0 Å². The molecule has 0 saturated carbocycles. The number of aromatic nitrogens is 1. The Hall–Kier alpha value is -0.610. The first kappa shape index (κ1) is 10.9. The highest BCUT2D eigenvalue weighted by molar-refractivity contribution is 7.15. The van der Waals surface area contributed by atoms with Gasteiger partial charge in [0.05, 0.1) is 11.5 Å². The smallest absolute Gasteiger partial charge is 0.185 e. The number of nitrogens with zero attached hydrogens (tertiary/aromatic N) is 2. The highest BCUT2D eigenvalue weighted by Gasteiger charge is 2.12. The van der Waals surface area contributed by atoms with Crippen molar-refractivity contribution in [3.05, 3.63) is 11.1 Å². The number of thiazole rings is 1. The zero-order valence-corrected chi connectivity index (χ0v) is 9.80. The SMILES string of the molecule is OCc1cnc(N2CCCCCCC2)s1. The van der Waals surface area contributed by atoms with E-state index in [1.165, 1.54) is 32.1 Å². The second-order valence-electron chi connectivity index (χ2n) is 4.02. The highest BCUT2D eigenvalue weighted by Crippen LogP contribution is 2.24. The zero-order valence-electron chi connectivity index (χ0n) is 8.98. The number of aliphatic hydroxyl groups is 1. The molecule has 4 heteroatoms. The summed E-state index contributed by atoms with van der Waals surface area (Å²) >= 11 is 1.62. The zero-order chi connectivity index (χ0) is 10.5. The van der Waals surface area contributed by atoms with Crippen molar-refractivity contribution in [3.8, 4) is 0 Å². The van der Waals surface area contributed by atoms with Crippen molar-refractivity contribution in [1.29, 1.82) is 0 Å². The summed E-state index contributed by atoms with van der Waals surface area (Å²) in [7, 11) is 0. The molecule has 2 heterocycles. The molecule has 1 aromatic heterocycles. The Balaban J connectivity index is 2.00. The summed E-state index contributed by atoms with van der Waals surface area (Å²) in [5, 5.41) is 10.1. The van der Waals surface area contributed by atoms with Gasteiger partial charge in [-0.25, -0.2) is 4.98 Å². The van der Waals surface area contributed by atoms with Gasteiger partial charge in [0.25, 0.3) is 0 Å². The molecule has 1 aliphatic rings. The molecule has 0 unspecified atom stereocenters. The van der Waals surface area contributed by atoms with E-state index in [0.717, 1.165) is 23.1 Å². The Labute approximate surface area is 94.8 Å². The monoisotopic (exact) mass is 226 g/mol. The van der Waals surface area contributed by atoms with Crippen LogP contribution in [-0.2, 0) is 6.61 Å². The lowest BCUT2D eigenvalue weighted by atomic mass is 10.1. The normalized spacial score (nSPS) is 18.6. The molecule has 0 aliphatic carbocycles. The Morgan fingerprint density at radius 3 is 2.47 bits per heavy atom. The summed E-state index contributed by atoms with van der Waals surface area (Å²) in [5.74, 6) is 0. The minimum absolute atomic E-state index is 0.117. The average Bonchev–Trinajstić information content (AvgIpc) is 2.65. The lowest BCUT2D eigenvalue weighted by Crippen LogP contribution is -2.26. The quantitative estimate of drug-likeness (QED) is 0.841. The van der Waals surface area contributed by atoms with Crippen molar-refractivity contribution in [2.24, 2.45) is 0 Å². The Kier molecular flexibility index (Phi) is 3.97. The van der Waals surface area contributed by atoms with E-state index < -0.39 is 0 Å². The van der Waals surface area contributed by atoms with Crippen molar-refractivity contribution in [3.63, 3.8) is 0 Å². The fourth-order valence-corrected chi connectivity index (χ4v) is 2.78. The molecule has 0 aromatic carbocycles. The lowest BCUT2D eigenvalue weighted by molar-refractivity contribution is 0.285. The third kappa shape index (κ3) is 2.92. The number of rotatable bonds is 2. The van der Waals surface area contributed by atoms with Crippen LogP contribution in [0, 0.1) is 0 Å². The van der Waals surface area contributed by atoms with Crippen LogP contribution >= 0.6 is 11.3 Å². The maximum Gasteiger partial charge on any atom is 0.185 e. The number of hydrogen-bond acceptors (Lipinski definition) is 4. The van der Waals surface area contributed by atoms with E-state index >= 15 is 0 Å². The average molecular weight is 226 g/mol. The molecule has 0 radical (unpaired) electrons. The fraction of sp³-hybridized carbons (Fsp3) is 0.727. The first-order valence-corrected chi connectivity index (χ1v) is 6.52. The first-order chi connectivity index (χ1) is 7.40. The largest absolute Gasteiger partial charge is 0.391 e. The summed E-state index contributed by atoms with van der Waals surface area (Å²) in [5.41, 5.74) is 0. The molecule has 1 saturated heterocycles. The van der Waals surface area contributed by atoms with Gasteiger partial charge in [-0.1, -0.05) is 30.6 Å². The van der Waals surface area contributed by atoms with Crippen LogP contribution in [0.25, 0.3) is 0 Å². The van der Waals surface area contributed by atoms with Crippen LogP contribution in [0.1, 0.15) is 37.0 Å². The topological polar surface area (TPSA) is 36.4 Å². The summed E-state index contributed by atoms with van der Waals surface area (Å²) in [6, 6.07) is 0. The summed E-state index contributed by atoms with van der Waals surface area (Å²) < 4.78 is 0. The van der Waals surface area contributed by atoms with Gasteiger partial charge in [0.15, 0.2) is 5.13 Å². The number of aliphatic hydroxyl groups excluding tert-OH is 1. The molecule has 1 aliphatic heterocycles. The second-order valence-corrected chi connectivity index (χ2v) is 5.12. The Morgan fingerprint density at radius 1 is 1.20 bits per heavy atom. The molecule has 0 bridgehead atoms. The lowest BCUT2D eigenvalue weighted by Gasteiger charge is -2.23. The summed E-state index contributed by atoms with van der Waals surface area (Å²) in [6.45, 7) is 2.36. The number of hydrogen-bond donors (Lipinski definition) is 1. The molecular formula is C11H18N2OS. The van der Waals surface area contributed by atoms with E-state index in [4.69, 9.17) is 5.11 Å². The third-order valence-electron chi connectivity index (χ3n) is 2.82. The summed E-state index contributed by atoms with van der Waals surface area (Å²) in [6.07, 6.45) is 8.40. The van der Waals surface area contributed by atoms with Crippen molar-refractivity contribution in [2.45, 2.75) is 38.7 Å². The van der Waals surface area contributed by atoms with Crippen molar-refractivity contribution in [1.82, 2.24) is 4.98 Å². The van der Waals surface area contributed by atoms with E-state index in [1.54, 1.807) is 17.5 Å². The minimum Gasteiger partial charge on any atom is -0.391 e. The van der Waals surface area contributed by atoms with Gasteiger partial charge >= 0.3 is 0 Å². The first-order valence-electron chi connectivity index (χ1n) is 5.70. The summed E-state index contributed by atoms with van der Waals surface area (Å²) in [4.78, 5) is 7.70. The standard InChI is InChI=1S/C11H18N2OS/c14-9-10-8-12-11(15-10)13-6-4-2-1-3-5-7-13/h8,14H,1-7,9H2. The fourth-order valence-electron chi connectivity index (χ4n) is 1.96. The molecule has 1 fully saturated rings. The van der Waals surface area contributed by atoms with Crippen LogP contribution < -0.4 is 4.90 Å². The van der Waals surface area contributed by atoms with Gasteiger partial charge in [0.2, 0.25) is 0 Å². The van der Waals surface area contributed by atoms with Gasteiger partial charge in [0.1, 0.15) is 0 Å². The van der Waals surface area contributed by atoms with E-state index in [9.17, 15) is 0 Å². The van der Waals surface area contributed by atoms with Crippen molar-refractivity contribution < 1.29 is 5.11 Å². The predicted octanol–water partition coefficient (Wildman–Crippen LogP) is 2.41. The van der Waals surface area contributed by atoms with Gasteiger partial charge in [-0.05, 0) is 12.8 Å². The highest BCUT2D eigenvalue weighted by atomic mass is 32.1. The third-order valence-corrected chi connectivity index (χ3v) is 3.87. The molecule has 3 nitrogen and oxygen atoms in total. The second kappa shape index (κ2) is 5.47. The van der Waals surface area contributed by atoms with E-state index in [0.29, 0.717) is 0 Å². The van der Waals surface area contributed by atoms with Crippen LogP contribution in [0.3, 0.4) is 0 Å². The van der Waals surface area contributed by atoms with E-state index in [1.807, 2.05) is 0 Å². The van der Waals surface area contributed by atoms with Crippen LogP contribution in [0.4, 0.5) is 5.13 Å². The Morgan fingerprint density at radius 2 is 1.87 bits per heavy atom. The molecular weight excluding hydrogens is 208 g/mol. The van der Waals surface area contributed by atoms with Gasteiger partial charge in [-0.2, -0.15) is 0 Å². The van der Waals surface area contributed by atoms with Crippen molar-refractivity contribution >= 4 is 16.5 Å². The predicted molar refractivity (Wildman–Crippen MR) is 63.3 cm³/mol. The molecule has 1 N–H and O–H groups in total. The van der Waals surface area contributed by atoms with Crippen LogP contribution in [0.5, 0.6) is 0 Å². The molecule has 2 rings (SSSR count). The Bertz CT molecular complexity index is 293. The molecule has 84 valence electrons. The van der Waals surface area contributed by atoms with Gasteiger partial charge in [-0.3, -0.25) is 0 Å². The molecule has 0 spiro atoms. The molecule has 0 amide bonds. The van der Waals surface area contributed by atoms with Gasteiger partial charge < -0.3 is 10.0 Å². The van der Waals surface area contributed by atoms with Crippen LogP contribution in [0.15, 0.2) is 6.20 Å². The molecule has 15 heavy (non-hydrogen) atoms. The maximum atomic E-state index is 9.00. The van der Waals surface area contributed by atoms with Crippen LogP contribution in [0.2, 0.25) is 0 Å². The molecule has 1 aromatic rings. The van der Waals surface area contributed by atoms with E-state index in [2.05, 4.69) is 9.88 Å². The van der Waals surface area contributed by atoms with E-state index in [-0.39, 0.29) is 6.61 Å². The maximum absolute atomic E-state index is 9.00.